The van der Waals surface area contributed by atoms with Crippen molar-refractivity contribution in [2.75, 3.05) is 0 Å². The molecule has 3 rings (SSSR count). The first kappa shape index (κ1) is 12.8. The average molecular weight is 284 g/mol. The van der Waals surface area contributed by atoms with Crippen molar-refractivity contribution in [1.29, 1.82) is 0 Å². The second-order valence-corrected chi connectivity index (χ2v) is 5.65. The smallest absolute Gasteiger partial charge is 0.350 e. The Hall–Kier alpha value is -2.20. The maximum Gasteiger partial charge on any atom is 0.350 e. The molecular formula is C16H12O3S. The maximum absolute atomic E-state index is 12.0. The molecule has 4 heteroatoms. The van der Waals surface area contributed by atoms with Gasteiger partial charge in [-0.25, -0.2) is 4.79 Å². The summed E-state index contributed by atoms with van der Waals surface area (Å²) in [6.07, 6.45) is 0. The van der Waals surface area contributed by atoms with Gasteiger partial charge in [0.2, 0.25) is 0 Å². The van der Waals surface area contributed by atoms with Gasteiger partial charge in [0.25, 0.3) is 0 Å². The van der Waals surface area contributed by atoms with E-state index in [1.807, 2.05) is 31.2 Å². The zero-order valence-corrected chi connectivity index (χ0v) is 11.6. The van der Waals surface area contributed by atoms with Gasteiger partial charge in [0.1, 0.15) is 11.3 Å². The van der Waals surface area contributed by atoms with Crippen LogP contribution in [0.25, 0.3) is 11.0 Å². The Morgan fingerprint density at radius 1 is 1.10 bits per heavy atom. The summed E-state index contributed by atoms with van der Waals surface area (Å²) < 4.78 is 5.24. The van der Waals surface area contributed by atoms with E-state index in [9.17, 15) is 9.90 Å². The van der Waals surface area contributed by atoms with Gasteiger partial charge in [0, 0.05) is 16.3 Å². The van der Waals surface area contributed by atoms with Crippen molar-refractivity contribution in [1.82, 2.24) is 0 Å². The summed E-state index contributed by atoms with van der Waals surface area (Å²) >= 11 is 1.38. The molecular weight excluding hydrogens is 272 g/mol. The zero-order valence-electron chi connectivity index (χ0n) is 10.8. The Morgan fingerprint density at radius 2 is 1.95 bits per heavy atom. The molecule has 0 saturated carbocycles. The van der Waals surface area contributed by atoms with Gasteiger partial charge in [0.15, 0.2) is 0 Å². The third-order valence-electron chi connectivity index (χ3n) is 2.90. The molecule has 0 spiro atoms. The summed E-state index contributed by atoms with van der Waals surface area (Å²) in [6.45, 7) is 2.01. The summed E-state index contributed by atoms with van der Waals surface area (Å²) in [7, 11) is 0. The summed E-state index contributed by atoms with van der Waals surface area (Å²) in [5, 5.41) is 10.2. The molecule has 0 aliphatic rings. The fourth-order valence-electron chi connectivity index (χ4n) is 1.96. The highest BCUT2D eigenvalue weighted by atomic mass is 32.2. The molecule has 0 atom stereocenters. The predicted molar refractivity (Wildman–Crippen MR) is 79.5 cm³/mol. The fraction of sp³-hybridized carbons (Fsp3) is 0.0625. The lowest BCUT2D eigenvalue weighted by Crippen LogP contribution is -2.01. The number of phenolic OH excluding ortho intramolecular Hbond substituents is 1. The summed E-state index contributed by atoms with van der Waals surface area (Å²) in [4.78, 5) is 13.5. The number of hydrogen-bond acceptors (Lipinski definition) is 4. The van der Waals surface area contributed by atoms with Gasteiger partial charge < -0.3 is 9.52 Å². The van der Waals surface area contributed by atoms with E-state index in [4.69, 9.17) is 4.42 Å². The molecule has 1 aromatic heterocycles. The second kappa shape index (κ2) is 5.06. The van der Waals surface area contributed by atoms with Crippen LogP contribution in [0, 0.1) is 6.92 Å². The third-order valence-corrected chi connectivity index (χ3v) is 3.90. The molecule has 1 N–H and O–H groups in total. The normalized spacial score (nSPS) is 10.8. The lowest BCUT2D eigenvalue weighted by Gasteiger charge is -2.03. The van der Waals surface area contributed by atoms with Gasteiger partial charge in [-0.3, -0.25) is 0 Å². The number of aryl methyl sites for hydroxylation is 1. The number of benzene rings is 2. The van der Waals surface area contributed by atoms with E-state index in [0.29, 0.717) is 10.5 Å². The minimum absolute atomic E-state index is 0.0831. The second-order valence-electron chi connectivity index (χ2n) is 4.54. The van der Waals surface area contributed by atoms with Gasteiger partial charge in [-0.15, -0.1) is 0 Å². The minimum atomic E-state index is -0.394. The van der Waals surface area contributed by atoms with Crippen LogP contribution in [0.1, 0.15) is 5.56 Å². The minimum Gasteiger partial charge on any atom is -0.508 e. The number of aromatic hydroxyl groups is 1. The lowest BCUT2D eigenvalue weighted by atomic mass is 10.2. The van der Waals surface area contributed by atoms with E-state index in [1.54, 1.807) is 18.2 Å². The topological polar surface area (TPSA) is 50.4 Å². The average Bonchev–Trinajstić information content (AvgIpc) is 2.40. The largest absolute Gasteiger partial charge is 0.508 e. The monoisotopic (exact) mass is 284 g/mol. The highest BCUT2D eigenvalue weighted by Crippen LogP contribution is 2.28. The van der Waals surface area contributed by atoms with Crippen molar-refractivity contribution in [2.24, 2.45) is 0 Å². The first-order chi connectivity index (χ1) is 9.61. The van der Waals surface area contributed by atoms with Crippen LogP contribution in [0.15, 0.2) is 67.5 Å². The lowest BCUT2D eigenvalue weighted by molar-refractivity contribution is 0.472. The highest BCUT2D eigenvalue weighted by Gasteiger charge is 2.08. The molecule has 3 nitrogen and oxygen atoms in total. The molecule has 0 fully saturated rings. The SMILES string of the molecule is Cc1cccc(Sc2cc3ccc(O)cc3oc2=O)c1. The first-order valence-electron chi connectivity index (χ1n) is 6.13. The molecule has 0 aliphatic carbocycles. The van der Waals surface area contributed by atoms with E-state index in [2.05, 4.69) is 0 Å². The molecule has 0 amide bonds. The quantitative estimate of drug-likeness (QED) is 0.724. The Balaban J connectivity index is 2.06. The van der Waals surface area contributed by atoms with Crippen LogP contribution in [0.5, 0.6) is 5.75 Å². The summed E-state index contributed by atoms with van der Waals surface area (Å²) in [6, 6.07) is 14.5. The van der Waals surface area contributed by atoms with Crippen molar-refractivity contribution in [3.8, 4) is 5.75 Å². The molecule has 0 saturated heterocycles. The van der Waals surface area contributed by atoms with Crippen molar-refractivity contribution in [2.45, 2.75) is 16.7 Å². The first-order valence-corrected chi connectivity index (χ1v) is 6.95. The zero-order chi connectivity index (χ0) is 14.1. The fourth-order valence-corrected chi connectivity index (χ4v) is 2.91. The van der Waals surface area contributed by atoms with Gasteiger partial charge in [0.05, 0.1) is 4.90 Å². The molecule has 1 heterocycles. The molecule has 0 bridgehead atoms. The molecule has 0 unspecified atom stereocenters. The van der Waals surface area contributed by atoms with Crippen molar-refractivity contribution in [3.63, 3.8) is 0 Å². The molecule has 3 aromatic rings. The van der Waals surface area contributed by atoms with E-state index < -0.39 is 5.63 Å². The Labute approximate surface area is 119 Å². The van der Waals surface area contributed by atoms with Crippen LogP contribution in [0.3, 0.4) is 0 Å². The Kier molecular flexibility index (Phi) is 3.24. The maximum atomic E-state index is 12.0. The number of phenols is 1. The molecule has 100 valence electrons. The van der Waals surface area contributed by atoms with Crippen LogP contribution in [-0.4, -0.2) is 5.11 Å². The Bertz CT molecular complexity index is 836. The van der Waals surface area contributed by atoms with Crippen LogP contribution in [0.2, 0.25) is 0 Å². The third kappa shape index (κ3) is 2.56. The van der Waals surface area contributed by atoms with Gasteiger partial charge >= 0.3 is 5.63 Å². The van der Waals surface area contributed by atoms with Gasteiger partial charge in [-0.2, -0.15) is 0 Å². The van der Waals surface area contributed by atoms with E-state index >= 15 is 0 Å². The van der Waals surface area contributed by atoms with E-state index in [0.717, 1.165) is 15.8 Å². The number of rotatable bonds is 2. The summed E-state index contributed by atoms with van der Waals surface area (Å²) in [5.41, 5.74) is 1.14. The molecule has 2 aromatic carbocycles. The van der Waals surface area contributed by atoms with Crippen molar-refractivity contribution in [3.05, 3.63) is 64.5 Å². The highest BCUT2D eigenvalue weighted by molar-refractivity contribution is 7.99. The Morgan fingerprint density at radius 3 is 2.75 bits per heavy atom. The molecule has 20 heavy (non-hydrogen) atoms. The van der Waals surface area contributed by atoms with Crippen LogP contribution >= 0.6 is 11.8 Å². The number of fused-ring (bicyclic) bond motifs is 1. The van der Waals surface area contributed by atoms with E-state index in [-0.39, 0.29) is 5.75 Å². The van der Waals surface area contributed by atoms with Crippen LogP contribution < -0.4 is 5.63 Å². The van der Waals surface area contributed by atoms with Crippen LogP contribution in [-0.2, 0) is 0 Å². The summed E-state index contributed by atoms with van der Waals surface area (Å²) in [5.74, 6) is 0.0831. The predicted octanol–water partition coefficient (Wildman–Crippen LogP) is 3.96. The van der Waals surface area contributed by atoms with Crippen molar-refractivity contribution < 1.29 is 9.52 Å². The van der Waals surface area contributed by atoms with Gasteiger partial charge in [-0.1, -0.05) is 29.5 Å². The van der Waals surface area contributed by atoms with Gasteiger partial charge in [-0.05, 0) is 37.3 Å². The molecule has 0 radical (unpaired) electrons. The standard InChI is InChI=1S/C16H12O3S/c1-10-3-2-4-13(7-10)20-15-8-11-5-6-12(17)9-14(11)19-16(15)18/h2-9,17H,1H3. The molecule has 0 aliphatic heterocycles. The van der Waals surface area contributed by atoms with Crippen LogP contribution in [0.4, 0.5) is 0 Å². The van der Waals surface area contributed by atoms with Crippen molar-refractivity contribution >= 4 is 22.7 Å². The number of hydrogen-bond donors (Lipinski definition) is 1. The van der Waals surface area contributed by atoms with E-state index in [1.165, 1.54) is 17.8 Å².